The number of nitrogens with zero attached hydrogens (tertiary/aromatic N) is 1. The van der Waals surface area contributed by atoms with Gasteiger partial charge in [0.25, 0.3) is 0 Å². The van der Waals surface area contributed by atoms with Crippen LogP contribution in [0.15, 0.2) is 24.4 Å². The van der Waals surface area contributed by atoms with Crippen LogP contribution in [0.3, 0.4) is 0 Å². The highest BCUT2D eigenvalue weighted by Crippen LogP contribution is 2.12. The van der Waals surface area contributed by atoms with Crippen molar-refractivity contribution in [3.8, 4) is 0 Å². The maximum absolute atomic E-state index is 11.5. The van der Waals surface area contributed by atoms with Gasteiger partial charge in [-0.05, 0) is 19.3 Å². The summed E-state index contributed by atoms with van der Waals surface area (Å²) in [5.74, 6) is 0.452. The van der Waals surface area contributed by atoms with Crippen molar-refractivity contribution in [3.63, 3.8) is 0 Å². The van der Waals surface area contributed by atoms with Gasteiger partial charge in [0.05, 0.1) is 0 Å². The number of hydrogen-bond acceptors (Lipinski definition) is 1. The lowest BCUT2D eigenvalue weighted by atomic mass is 10.2. The molecular formula is C11H17NO. The van der Waals surface area contributed by atoms with Gasteiger partial charge in [-0.3, -0.25) is 4.79 Å². The van der Waals surface area contributed by atoms with Gasteiger partial charge in [0.1, 0.15) is 0 Å². The number of amides is 1. The summed E-state index contributed by atoms with van der Waals surface area (Å²) < 4.78 is 0. The summed E-state index contributed by atoms with van der Waals surface area (Å²) in [6.45, 7) is 6.22. The third kappa shape index (κ3) is 2.44. The third-order valence-corrected chi connectivity index (χ3v) is 2.41. The molecule has 0 radical (unpaired) electrons. The lowest BCUT2D eigenvalue weighted by Crippen LogP contribution is -2.31. The largest absolute Gasteiger partial charge is 0.313 e. The predicted octanol–water partition coefficient (Wildman–Crippen LogP) is 2.33. The van der Waals surface area contributed by atoms with Crippen LogP contribution in [0.1, 0.15) is 27.2 Å². The first kappa shape index (κ1) is 10.0. The minimum Gasteiger partial charge on any atom is -0.313 e. The highest BCUT2D eigenvalue weighted by molar-refractivity contribution is 5.89. The highest BCUT2D eigenvalue weighted by atomic mass is 16.2. The molecule has 0 saturated heterocycles. The first-order valence-corrected chi connectivity index (χ1v) is 4.84. The molecule has 0 aromatic carbocycles. The van der Waals surface area contributed by atoms with E-state index in [2.05, 4.69) is 20.8 Å². The predicted molar refractivity (Wildman–Crippen MR) is 54.0 cm³/mol. The van der Waals surface area contributed by atoms with Crippen molar-refractivity contribution in [3.05, 3.63) is 24.4 Å². The van der Waals surface area contributed by atoms with Gasteiger partial charge in [0, 0.05) is 18.3 Å². The van der Waals surface area contributed by atoms with Crippen molar-refractivity contribution in [2.45, 2.75) is 33.2 Å². The monoisotopic (exact) mass is 179 g/mol. The molecule has 2 unspecified atom stereocenters. The Morgan fingerprint density at radius 2 is 2.23 bits per heavy atom. The van der Waals surface area contributed by atoms with E-state index in [4.69, 9.17) is 0 Å². The van der Waals surface area contributed by atoms with Gasteiger partial charge in [0.15, 0.2) is 0 Å². The lowest BCUT2D eigenvalue weighted by molar-refractivity contribution is -0.125. The molecule has 1 aliphatic heterocycles. The Balaban J connectivity index is 2.79. The highest BCUT2D eigenvalue weighted by Gasteiger charge is 2.15. The summed E-state index contributed by atoms with van der Waals surface area (Å²) in [4.78, 5) is 13.3. The van der Waals surface area contributed by atoms with Crippen molar-refractivity contribution in [2.75, 3.05) is 0 Å². The molecule has 0 aromatic rings. The van der Waals surface area contributed by atoms with Crippen molar-refractivity contribution >= 4 is 5.91 Å². The molecule has 1 heterocycles. The van der Waals surface area contributed by atoms with Crippen LogP contribution in [0.5, 0.6) is 0 Å². The normalized spacial score (nSPS) is 24.7. The second kappa shape index (κ2) is 4.26. The van der Waals surface area contributed by atoms with E-state index in [0.717, 1.165) is 6.42 Å². The molecule has 0 aliphatic carbocycles. The van der Waals surface area contributed by atoms with Gasteiger partial charge in [-0.1, -0.05) is 26.0 Å². The smallest absolute Gasteiger partial charge is 0.250 e. The molecule has 1 amide bonds. The van der Waals surface area contributed by atoms with Gasteiger partial charge in [-0.25, -0.2) is 0 Å². The first-order valence-electron chi connectivity index (χ1n) is 4.84. The topological polar surface area (TPSA) is 20.3 Å². The average molecular weight is 179 g/mol. The number of hydrogen-bond donors (Lipinski definition) is 0. The van der Waals surface area contributed by atoms with Crippen LogP contribution < -0.4 is 0 Å². The second-order valence-electron chi connectivity index (χ2n) is 3.56. The van der Waals surface area contributed by atoms with Gasteiger partial charge in [-0.15, -0.1) is 0 Å². The molecule has 2 nitrogen and oxygen atoms in total. The minimum atomic E-state index is 0.0925. The number of carbonyl (C=O) groups excluding carboxylic acids is 1. The molecular weight excluding hydrogens is 162 g/mol. The van der Waals surface area contributed by atoms with Crippen LogP contribution in [0.25, 0.3) is 0 Å². The fourth-order valence-electron chi connectivity index (χ4n) is 1.25. The van der Waals surface area contributed by atoms with E-state index in [9.17, 15) is 4.79 Å². The molecule has 2 heteroatoms. The third-order valence-electron chi connectivity index (χ3n) is 2.41. The van der Waals surface area contributed by atoms with E-state index in [1.165, 1.54) is 0 Å². The molecule has 0 aromatic heterocycles. The van der Waals surface area contributed by atoms with Crippen molar-refractivity contribution < 1.29 is 4.79 Å². The summed E-state index contributed by atoms with van der Waals surface area (Å²) in [6.07, 6.45) is 8.53. The Kier molecular flexibility index (Phi) is 3.29. The van der Waals surface area contributed by atoms with Crippen LogP contribution in [-0.2, 0) is 4.79 Å². The van der Waals surface area contributed by atoms with Crippen LogP contribution >= 0.6 is 0 Å². The van der Waals surface area contributed by atoms with Gasteiger partial charge in [0.2, 0.25) is 5.91 Å². The summed E-state index contributed by atoms with van der Waals surface area (Å²) in [6, 6.07) is 0.290. The first-order chi connectivity index (χ1) is 6.15. The number of carbonyl (C=O) groups is 1. The quantitative estimate of drug-likeness (QED) is 0.637. The Morgan fingerprint density at radius 3 is 2.85 bits per heavy atom. The molecule has 1 aliphatic rings. The Hall–Kier alpha value is -1.05. The van der Waals surface area contributed by atoms with E-state index in [1.807, 2.05) is 18.4 Å². The second-order valence-corrected chi connectivity index (χ2v) is 3.56. The zero-order valence-electron chi connectivity index (χ0n) is 8.53. The van der Waals surface area contributed by atoms with Gasteiger partial charge in [-0.2, -0.15) is 0 Å². The molecule has 2 atom stereocenters. The summed E-state index contributed by atoms with van der Waals surface area (Å²) in [7, 11) is 0. The fourth-order valence-corrected chi connectivity index (χ4v) is 1.25. The maximum Gasteiger partial charge on any atom is 0.250 e. The fraction of sp³-hybridized carbons (Fsp3) is 0.545. The van der Waals surface area contributed by atoms with Crippen LogP contribution in [-0.4, -0.2) is 16.8 Å². The molecule has 0 spiro atoms. The van der Waals surface area contributed by atoms with E-state index in [-0.39, 0.29) is 5.91 Å². The molecule has 1 rings (SSSR count). The van der Waals surface area contributed by atoms with Crippen LogP contribution in [0.4, 0.5) is 0 Å². The maximum atomic E-state index is 11.5. The van der Waals surface area contributed by atoms with E-state index < -0.39 is 0 Å². The average Bonchev–Trinajstić information content (AvgIpc) is 2.28. The van der Waals surface area contributed by atoms with Gasteiger partial charge >= 0.3 is 0 Å². The molecule has 0 fully saturated rings. The van der Waals surface area contributed by atoms with Crippen molar-refractivity contribution in [1.82, 2.24) is 4.90 Å². The standard InChI is InChI=1S/C11H17NO/c1-4-10(3)12-8-7-9(2)5-6-11(12)13/h5-10H,4H2,1-3H3. The minimum absolute atomic E-state index is 0.0925. The Bertz CT molecular complexity index is 242. The SMILES string of the molecule is CCC(C)N1C=CC(C)C=CC1=O. The zero-order valence-corrected chi connectivity index (χ0v) is 8.53. The van der Waals surface area contributed by atoms with Crippen LogP contribution in [0.2, 0.25) is 0 Å². The van der Waals surface area contributed by atoms with E-state index >= 15 is 0 Å². The molecule has 0 bridgehead atoms. The number of allylic oxidation sites excluding steroid dienone is 2. The van der Waals surface area contributed by atoms with Crippen LogP contribution in [0, 0.1) is 5.92 Å². The number of rotatable bonds is 2. The molecule has 0 saturated carbocycles. The molecule has 0 N–H and O–H groups in total. The lowest BCUT2D eigenvalue weighted by Gasteiger charge is -2.22. The van der Waals surface area contributed by atoms with Crippen molar-refractivity contribution in [2.24, 2.45) is 5.92 Å². The Labute approximate surface area is 79.9 Å². The zero-order chi connectivity index (χ0) is 9.84. The van der Waals surface area contributed by atoms with Gasteiger partial charge < -0.3 is 4.90 Å². The summed E-state index contributed by atoms with van der Waals surface area (Å²) in [5.41, 5.74) is 0. The summed E-state index contributed by atoms with van der Waals surface area (Å²) in [5, 5.41) is 0. The summed E-state index contributed by atoms with van der Waals surface area (Å²) >= 11 is 0. The molecule has 13 heavy (non-hydrogen) atoms. The van der Waals surface area contributed by atoms with Crippen molar-refractivity contribution in [1.29, 1.82) is 0 Å². The molecule has 72 valence electrons. The Morgan fingerprint density at radius 1 is 1.54 bits per heavy atom. The van der Waals surface area contributed by atoms with E-state index in [0.29, 0.717) is 12.0 Å². The van der Waals surface area contributed by atoms with E-state index in [1.54, 1.807) is 11.0 Å².